The van der Waals surface area contributed by atoms with Crippen molar-refractivity contribution in [2.75, 3.05) is 0 Å². The molecule has 0 aromatic heterocycles. The highest BCUT2D eigenvalue weighted by atomic mass is 16.6. The molecule has 0 aliphatic carbocycles. The molecule has 0 saturated carbocycles. The highest BCUT2D eigenvalue weighted by Gasteiger charge is 2.08. The second-order valence-electron chi connectivity index (χ2n) is 3.64. The number of non-ortho nitro benzene ring substituents is 1. The smallest absolute Gasteiger partial charge is 0.265 e. The van der Waals surface area contributed by atoms with Crippen molar-refractivity contribution in [3.63, 3.8) is 0 Å². The van der Waals surface area contributed by atoms with E-state index in [1.807, 2.05) is 6.07 Å². The number of amides is 1. The van der Waals surface area contributed by atoms with Crippen molar-refractivity contribution in [3.8, 4) is 0 Å². The zero-order valence-electron chi connectivity index (χ0n) is 9.76. The molecule has 94 valence electrons. The molecule has 0 bridgehead atoms. The Balaban J connectivity index is 2.12. The number of benzene rings is 2. The summed E-state index contributed by atoms with van der Waals surface area (Å²) in [6.07, 6.45) is 0. The van der Waals surface area contributed by atoms with Crippen LogP contribution in [0.3, 0.4) is 0 Å². The zero-order valence-corrected chi connectivity index (χ0v) is 9.76. The van der Waals surface area contributed by atoms with Gasteiger partial charge in [-0.15, -0.1) is 10.2 Å². The van der Waals surface area contributed by atoms with E-state index in [-0.39, 0.29) is 11.3 Å². The predicted molar refractivity (Wildman–Crippen MR) is 68.4 cm³/mol. The third-order valence-corrected chi connectivity index (χ3v) is 2.34. The van der Waals surface area contributed by atoms with Gasteiger partial charge in [-0.25, -0.2) is 0 Å². The molecule has 0 unspecified atom stereocenters. The maximum atomic E-state index is 11.7. The molecule has 0 aliphatic rings. The first-order valence-electron chi connectivity index (χ1n) is 5.42. The van der Waals surface area contributed by atoms with Crippen LogP contribution in [0.1, 0.15) is 10.4 Å². The van der Waals surface area contributed by atoms with Gasteiger partial charge in [0.1, 0.15) is 0 Å². The van der Waals surface area contributed by atoms with Crippen LogP contribution in [-0.4, -0.2) is 10.8 Å². The lowest BCUT2D eigenvalue weighted by molar-refractivity contribution is -0.384. The largest absolute Gasteiger partial charge is 0.295 e. The van der Waals surface area contributed by atoms with Crippen molar-refractivity contribution < 1.29 is 9.72 Å². The molecule has 2 aromatic carbocycles. The number of nitro benzene ring substituents is 1. The molecule has 0 fully saturated rings. The minimum absolute atomic E-state index is 0.0726. The van der Waals surface area contributed by atoms with Crippen molar-refractivity contribution >= 4 is 17.3 Å². The molecule has 0 N–H and O–H groups in total. The third kappa shape index (κ3) is 3.29. The first-order valence-corrected chi connectivity index (χ1v) is 5.42. The van der Waals surface area contributed by atoms with Crippen LogP contribution >= 0.6 is 0 Å². The summed E-state index contributed by atoms with van der Waals surface area (Å²) < 4.78 is 0. The molecular formula is C13H9N3O3. The maximum Gasteiger partial charge on any atom is 0.295 e. The Hall–Kier alpha value is -2.89. The average Bonchev–Trinajstić information content (AvgIpc) is 2.46. The van der Waals surface area contributed by atoms with E-state index < -0.39 is 10.8 Å². The van der Waals surface area contributed by atoms with Crippen LogP contribution in [0.25, 0.3) is 0 Å². The lowest BCUT2D eigenvalue weighted by Gasteiger charge is -1.94. The molecule has 6 heteroatoms. The fourth-order valence-corrected chi connectivity index (χ4v) is 1.38. The fourth-order valence-electron chi connectivity index (χ4n) is 1.38. The highest BCUT2D eigenvalue weighted by molar-refractivity contribution is 5.94. The van der Waals surface area contributed by atoms with E-state index in [0.717, 1.165) is 0 Å². The second kappa shape index (κ2) is 5.63. The number of hydrogen-bond acceptors (Lipinski definition) is 4. The van der Waals surface area contributed by atoms with E-state index in [1.54, 1.807) is 24.3 Å². The van der Waals surface area contributed by atoms with Gasteiger partial charge in [0.05, 0.1) is 10.6 Å². The van der Waals surface area contributed by atoms with Crippen LogP contribution in [0.4, 0.5) is 11.4 Å². The molecule has 2 aromatic rings. The first kappa shape index (κ1) is 12.6. The van der Waals surface area contributed by atoms with Crippen LogP contribution < -0.4 is 0 Å². The topological polar surface area (TPSA) is 84.9 Å². The maximum absolute atomic E-state index is 11.7. The summed E-state index contributed by atoms with van der Waals surface area (Å²) in [4.78, 5) is 21.6. The standard InChI is InChI=1S/C13H9N3O3/c17-13(15-14-11-4-2-1-3-5-11)10-6-8-12(9-7-10)16(18)19/h1-9H. The number of nitro groups is 1. The van der Waals surface area contributed by atoms with Gasteiger partial charge in [0.2, 0.25) is 0 Å². The Morgan fingerprint density at radius 1 is 1.00 bits per heavy atom. The molecule has 2 rings (SSSR count). The lowest BCUT2D eigenvalue weighted by atomic mass is 10.2. The van der Waals surface area contributed by atoms with Gasteiger partial charge in [0.25, 0.3) is 11.6 Å². The molecule has 0 saturated heterocycles. The second-order valence-corrected chi connectivity index (χ2v) is 3.64. The Morgan fingerprint density at radius 3 is 2.21 bits per heavy atom. The van der Waals surface area contributed by atoms with Crippen molar-refractivity contribution in [1.82, 2.24) is 0 Å². The normalized spacial score (nSPS) is 10.5. The fraction of sp³-hybridized carbons (Fsp3) is 0. The first-order chi connectivity index (χ1) is 9.16. The third-order valence-electron chi connectivity index (χ3n) is 2.34. The molecule has 19 heavy (non-hydrogen) atoms. The van der Waals surface area contributed by atoms with Gasteiger partial charge in [0, 0.05) is 17.7 Å². The van der Waals surface area contributed by atoms with Crippen molar-refractivity contribution in [1.29, 1.82) is 0 Å². The Bertz CT molecular complexity index is 621. The number of hydrogen-bond donors (Lipinski definition) is 0. The molecular weight excluding hydrogens is 246 g/mol. The minimum Gasteiger partial charge on any atom is -0.265 e. The van der Waals surface area contributed by atoms with Gasteiger partial charge in [0.15, 0.2) is 0 Å². The van der Waals surface area contributed by atoms with Crippen LogP contribution in [-0.2, 0) is 0 Å². The van der Waals surface area contributed by atoms with E-state index in [2.05, 4.69) is 10.2 Å². The monoisotopic (exact) mass is 255 g/mol. The van der Waals surface area contributed by atoms with Crippen LogP contribution in [0.5, 0.6) is 0 Å². The summed E-state index contributed by atoms with van der Waals surface area (Å²) in [5.74, 6) is -0.543. The lowest BCUT2D eigenvalue weighted by Crippen LogP contribution is -1.94. The van der Waals surface area contributed by atoms with E-state index >= 15 is 0 Å². The SMILES string of the molecule is O=C(N=Nc1ccccc1)c1ccc([N+](=O)[O-])cc1. The van der Waals surface area contributed by atoms with Crippen molar-refractivity contribution in [2.24, 2.45) is 10.2 Å². The van der Waals surface area contributed by atoms with E-state index in [1.165, 1.54) is 24.3 Å². The summed E-state index contributed by atoms with van der Waals surface area (Å²) in [7, 11) is 0. The van der Waals surface area contributed by atoms with Crippen LogP contribution in [0.15, 0.2) is 64.8 Å². The quantitative estimate of drug-likeness (QED) is 0.477. The van der Waals surface area contributed by atoms with Gasteiger partial charge >= 0.3 is 0 Å². The van der Waals surface area contributed by atoms with Crippen molar-refractivity contribution in [3.05, 3.63) is 70.3 Å². The highest BCUT2D eigenvalue weighted by Crippen LogP contribution is 2.14. The summed E-state index contributed by atoms with van der Waals surface area (Å²) in [6, 6.07) is 14.0. The zero-order chi connectivity index (χ0) is 13.7. The van der Waals surface area contributed by atoms with E-state index in [0.29, 0.717) is 5.69 Å². The molecule has 6 nitrogen and oxygen atoms in total. The van der Waals surface area contributed by atoms with Gasteiger partial charge in [-0.1, -0.05) is 18.2 Å². The Kier molecular flexibility index (Phi) is 3.72. The summed E-state index contributed by atoms with van der Waals surface area (Å²) in [6.45, 7) is 0. The van der Waals surface area contributed by atoms with Gasteiger partial charge in [-0.3, -0.25) is 14.9 Å². The van der Waals surface area contributed by atoms with Gasteiger partial charge < -0.3 is 0 Å². The van der Waals surface area contributed by atoms with Gasteiger partial charge in [-0.05, 0) is 24.3 Å². The number of rotatable bonds is 3. The number of azo groups is 1. The Labute approximate surface area is 108 Å². The summed E-state index contributed by atoms with van der Waals surface area (Å²) >= 11 is 0. The number of carbonyl (C=O) groups is 1. The molecule has 0 heterocycles. The number of carbonyl (C=O) groups excluding carboxylic acids is 1. The molecule has 1 amide bonds. The van der Waals surface area contributed by atoms with Crippen molar-refractivity contribution in [2.45, 2.75) is 0 Å². The van der Waals surface area contributed by atoms with Crippen LogP contribution in [0, 0.1) is 10.1 Å². The minimum atomic E-state index is -0.543. The van der Waals surface area contributed by atoms with Crippen LogP contribution in [0.2, 0.25) is 0 Å². The van der Waals surface area contributed by atoms with E-state index in [4.69, 9.17) is 0 Å². The number of nitrogens with zero attached hydrogens (tertiary/aromatic N) is 3. The summed E-state index contributed by atoms with van der Waals surface area (Å²) in [5, 5.41) is 17.8. The molecule has 0 radical (unpaired) electrons. The molecule has 0 atom stereocenters. The molecule has 0 aliphatic heterocycles. The predicted octanol–water partition coefficient (Wildman–Crippen LogP) is 3.52. The molecule has 0 spiro atoms. The van der Waals surface area contributed by atoms with E-state index in [9.17, 15) is 14.9 Å². The average molecular weight is 255 g/mol. The Morgan fingerprint density at radius 2 is 1.63 bits per heavy atom. The summed E-state index contributed by atoms with van der Waals surface area (Å²) in [5.41, 5.74) is 0.750. The van der Waals surface area contributed by atoms with Gasteiger partial charge in [-0.2, -0.15) is 0 Å².